The summed E-state index contributed by atoms with van der Waals surface area (Å²) in [6.07, 6.45) is 1.58. The third kappa shape index (κ3) is 3.53. The van der Waals surface area contributed by atoms with Crippen LogP contribution in [-0.4, -0.2) is 11.8 Å². The average molecular weight is 287 g/mol. The quantitative estimate of drug-likeness (QED) is 0.345. The molecule has 102 valence electrons. The minimum Gasteiger partial charge on any atom is -0.317 e. The Morgan fingerprint density at radius 2 is 1.85 bits per heavy atom. The second-order valence-corrected chi connectivity index (χ2v) is 4.85. The number of rotatable bonds is 4. The van der Waals surface area contributed by atoms with Crippen LogP contribution in [0.5, 0.6) is 0 Å². The first kappa shape index (κ1) is 14.0. The molecular weight excluding hydrogens is 274 g/mol. The van der Waals surface area contributed by atoms with Crippen LogP contribution >= 0.6 is 11.3 Å². The van der Waals surface area contributed by atoms with Gasteiger partial charge in [0.1, 0.15) is 5.70 Å². The van der Waals surface area contributed by atoms with E-state index < -0.39 is 5.91 Å². The number of nitrogens with two attached hydrogens (primary N) is 1. The Balaban J connectivity index is 2.21. The highest BCUT2D eigenvalue weighted by Gasteiger charge is 2.13. The molecule has 0 fully saturated rings. The van der Waals surface area contributed by atoms with Crippen molar-refractivity contribution in [2.75, 3.05) is 0 Å². The largest absolute Gasteiger partial charge is 0.317 e. The van der Waals surface area contributed by atoms with Gasteiger partial charge in [0.25, 0.3) is 11.8 Å². The van der Waals surface area contributed by atoms with Gasteiger partial charge in [-0.25, -0.2) is 5.84 Å². The van der Waals surface area contributed by atoms with Crippen molar-refractivity contribution in [2.45, 2.75) is 0 Å². The minimum atomic E-state index is -0.553. The van der Waals surface area contributed by atoms with Gasteiger partial charge in [-0.3, -0.25) is 15.0 Å². The van der Waals surface area contributed by atoms with Gasteiger partial charge in [0, 0.05) is 10.4 Å². The molecule has 0 radical (unpaired) electrons. The maximum absolute atomic E-state index is 12.0. The van der Waals surface area contributed by atoms with Gasteiger partial charge in [-0.05, 0) is 29.7 Å². The molecule has 5 nitrogen and oxygen atoms in total. The Bertz CT molecular complexity index is 621. The number of thiophene rings is 1. The molecular formula is C14H13N3O2S. The lowest BCUT2D eigenvalue weighted by Gasteiger charge is -2.08. The van der Waals surface area contributed by atoms with Gasteiger partial charge in [-0.15, -0.1) is 11.3 Å². The van der Waals surface area contributed by atoms with Crippen molar-refractivity contribution in [3.05, 3.63) is 64.0 Å². The first-order chi connectivity index (χ1) is 9.70. The van der Waals surface area contributed by atoms with E-state index >= 15 is 0 Å². The van der Waals surface area contributed by atoms with E-state index in [4.69, 9.17) is 5.84 Å². The van der Waals surface area contributed by atoms with Crippen LogP contribution in [0.1, 0.15) is 15.2 Å². The standard InChI is InChI=1S/C14H13N3O2S/c15-17-14(19)12(9-11-7-4-8-20-11)16-13(18)10-5-2-1-3-6-10/h1-9H,15H2,(H,16,18)(H,17,19)/b12-9+. The maximum Gasteiger partial charge on any atom is 0.281 e. The molecule has 0 aliphatic carbocycles. The van der Waals surface area contributed by atoms with Crippen LogP contribution in [0.15, 0.2) is 53.5 Å². The fraction of sp³-hybridized carbons (Fsp3) is 0. The molecule has 0 unspecified atom stereocenters. The van der Waals surface area contributed by atoms with Crippen molar-refractivity contribution in [1.29, 1.82) is 0 Å². The summed E-state index contributed by atoms with van der Waals surface area (Å²) < 4.78 is 0. The number of amides is 2. The lowest BCUT2D eigenvalue weighted by molar-refractivity contribution is -0.117. The van der Waals surface area contributed by atoms with Crippen molar-refractivity contribution in [2.24, 2.45) is 5.84 Å². The number of carbonyl (C=O) groups is 2. The minimum absolute atomic E-state index is 0.101. The van der Waals surface area contributed by atoms with Crippen LogP contribution in [0.4, 0.5) is 0 Å². The number of hydrogen-bond acceptors (Lipinski definition) is 4. The average Bonchev–Trinajstić information content (AvgIpc) is 2.99. The second-order valence-electron chi connectivity index (χ2n) is 3.87. The predicted octanol–water partition coefficient (Wildman–Crippen LogP) is 1.51. The monoisotopic (exact) mass is 287 g/mol. The van der Waals surface area contributed by atoms with Gasteiger partial charge >= 0.3 is 0 Å². The summed E-state index contributed by atoms with van der Waals surface area (Å²) in [5.41, 5.74) is 2.58. The second kappa shape index (κ2) is 6.65. The van der Waals surface area contributed by atoms with Gasteiger partial charge in [0.15, 0.2) is 0 Å². The maximum atomic E-state index is 12.0. The molecule has 2 aromatic rings. The molecule has 1 aromatic heterocycles. The zero-order valence-electron chi connectivity index (χ0n) is 10.5. The zero-order valence-corrected chi connectivity index (χ0v) is 11.3. The molecule has 0 bridgehead atoms. The van der Waals surface area contributed by atoms with Crippen molar-refractivity contribution in [3.8, 4) is 0 Å². The molecule has 6 heteroatoms. The molecule has 2 rings (SSSR count). The number of carbonyl (C=O) groups excluding carboxylic acids is 2. The van der Waals surface area contributed by atoms with E-state index in [1.807, 2.05) is 29.0 Å². The van der Waals surface area contributed by atoms with E-state index in [0.717, 1.165) is 4.88 Å². The highest BCUT2D eigenvalue weighted by Crippen LogP contribution is 2.13. The lowest BCUT2D eigenvalue weighted by Crippen LogP contribution is -2.38. The van der Waals surface area contributed by atoms with Gasteiger partial charge in [0.2, 0.25) is 0 Å². The van der Waals surface area contributed by atoms with Gasteiger partial charge in [0.05, 0.1) is 0 Å². The fourth-order valence-electron chi connectivity index (χ4n) is 1.54. The van der Waals surface area contributed by atoms with E-state index in [1.165, 1.54) is 11.3 Å². The number of benzene rings is 1. The summed E-state index contributed by atoms with van der Waals surface area (Å²) in [4.78, 5) is 24.6. The van der Waals surface area contributed by atoms with E-state index in [2.05, 4.69) is 5.32 Å². The smallest absolute Gasteiger partial charge is 0.281 e. The fourth-order valence-corrected chi connectivity index (χ4v) is 2.19. The summed E-state index contributed by atoms with van der Waals surface area (Å²) in [5, 5.41) is 4.44. The van der Waals surface area contributed by atoms with E-state index in [1.54, 1.807) is 30.3 Å². The molecule has 1 heterocycles. The van der Waals surface area contributed by atoms with E-state index in [9.17, 15) is 9.59 Å². The van der Waals surface area contributed by atoms with E-state index in [0.29, 0.717) is 5.56 Å². The van der Waals surface area contributed by atoms with Crippen molar-refractivity contribution in [3.63, 3.8) is 0 Å². The Hall–Kier alpha value is -2.44. The Morgan fingerprint density at radius 3 is 2.45 bits per heavy atom. The highest BCUT2D eigenvalue weighted by molar-refractivity contribution is 7.10. The number of hydrogen-bond donors (Lipinski definition) is 3. The molecule has 0 saturated heterocycles. The summed E-state index contributed by atoms with van der Waals surface area (Å²) in [6.45, 7) is 0. The highest BCUT2D eigenvalue weighted by atomic mass is 32.1. The number of nitrogens with one attached hydrogen (secondary N) is 2. The predicted molar refractivity (Wildman–Crippen MR) is 78.5 cm³/mol. The van der Waals surface area contributed by atoms with E-state index in [-0.39, 0.29) is 11.6 Å². The SMILES string of the molecule is NNC(=O)/C(=C\c1cccs1)NC(=O)c1ccccc1. The van der Waals surface area contributed by atoms with Gasteiger partial charge in [-0.1, -0.05) is 24.3 Å². The zero-order chi connectivity index (χ0) is 14.4. The van der Waals surface area contributed by atoms with Crippen LogP contribution in [0, 0.1) is 0 Å². The third-order valence-electron chi connectivity index (χ3n) is 2.49. The van der Waals surface area contributed by atoms with Gasteiger partial charge < -0.3 is 5.32 Å². The topological polar surface area (TPSA) is 84.2 Å². The van der Waals surface area contributed by atoms with Crippen LogP contribution in [0.25, 0.3) is 6.08 Å². The van der Waals surface area contributed by atoms with Crippen LogP contribution < -0.4 is 16.6 Å². The summed E-state index contributed by atoms with van der Waals surface area (Å²) in [7, 11) is 0. The Labute approximate surface area is 120 Å². The molecule has 0 aliphatic heterocycles. The third-order valence-corrected chi connectivity index (χ3v) is 3.31. The lowest BCUT2D eigenvalue weighted by atomic mass is 10.2. The summed E-state index contributed by atoms with van der Waals surface area (Å²) in [5.74, 6) is 4.21. The Kier molecular flexibility index (Phi) is 4.65. The van der Waals surface area contributed by atoms with Crippen molar-refractivity contribution >= 4 is 29.2 Å². The van der Waals surface area contributed by atoms with Crippen molar-refractivity contribution in [1.82, 2.24) is 10.7 Å². The Morgan fingerprint density at radius 1 is 1.10 bits per heavy atom. The molecule has 20 heavy (non-hydrogen) atoms. The van der Waals surface area contributed by atoms with Crippen LogP contribution in [-0.2, 0) is 4.79 Å². The van der Waals surface area contributed by atoms with Gasteiger partial charge in [-0.2, -0.15) is 0 Å². The normalized spacial score (nSPS) is 10.9. The summed E-state index contributed by atoms with van der Waals surface area (Å²) in [6, 6.07) is 12.3. The first-order valence-electron chi connectivity index (χ1n) is 5.83. The summed E-state index contributed by atoms with van der Waals surface area (Å²) >= 11 is 1.45. The number of hydrazine groups is 1. The molecule has 0 spiro atoms. The molecule has 0 atom stereocenters. The van der Waals surface area contributed by atoms with Crippen LogP contribution in [0.3, 0.4) is 0 Å². The molecule has 0 saturated carbocycles. The van der Waals surface area contributed by atoms with Crippen LogP contribution in [0.2, 0.25) is 0 Å². The molecule has 0 aliphatic rings. The molecule has 2 amide bonds. The van der Waals surface area contributed by atoms with Crippen molar-refractivity contribution < 1.29 is 9.59 Å². The molecule has 4 N–H and O–H groups in total. The first-order valence-corrected chi connectivity index (χ1v) is 6.71. The molecule has 1 aromatic carbocycles.